The number of thioether (sulfide) groups is 2. The third-order valence-corrected chi connectivity index (χ3v) is 15.2. The second-order valence-corrected chi connectivity index (χ2v) is 18.1. The van der Waals surface area contributed by atoms with Crippen molar-refractivity contribution in [1.29, 1.82) is 0 Å². The summed E-state index contributed by atoms with van der Waals surface area (Å²) in [6.45, 7) is 5.86. The smallest absolute Gasteiger partial charge is 0.233 e. The second-order valence-electron chi connectivity index (χ2n) is 16.1. The standard InChI is InChI=1S/C44H53N3O4S2/c1-27-41(29(3)51-46-27)24-53-26-43(49)47-35-16-17-36(47)21-33(20-35)37-10-6-4-8-30(37)12-13-31-9-5-7-11-38(31)39-18-14-32-15-19-40(39)44(32)42(48)25-52-23-34-22-45-50-28(34)2/h4-11,22,32-33,35-36,39-40,44H,12-21,23-26H2,1-3H3. The average Bonchev–Trinajstić information content (AvgIpc) is 3.89. The van der Waals surface area contributed by atoms with Crippen molar-refractivity contribution in [3.05, 3.63) is 105 Å². The van der Waals surface area contributed by atoms with E-state index in [1.54, 1.807) is 29.7 Å². The Morgan fingerprint density at radius 1 is 0.755 bits per heavy atom. The number of benzene rings is 2. The van der Waals surface area contributed by atoms with Crippen LogP contribution >= 0.6 is 23.5 Å². The Morgan fingerprint density at radius 3 is 2.13 bits per heavy atom. The molecule has 0 radical (unpaired) electrons. The fourth-order valence-corrected chi connectivity index (χ4v) is 12.7. The van der Waals surface area contributed by atoms with Crippen LogP contribution in [0.1, 0.15) is 114 Å². The van der Waals surface area contributed by atoms with E-state index < -0.39 is 0 Å². The van der Waals surface area contributed by atoms with Gasteiger partial charge in [0.05, 0.1) is 23.4 Å². The van der Waals surface area contributed by atoms with Gasteiger partial charge in [0.2, 0.25) is 5.91 Å². The van der Waals surface area contributed by atoms with Gasteiger partial charge in [-0.3, -0.25) is 9.59 Å². The van der Waals surface area contributed by atoms with Gasteiger partial charge in [-0.25, -0.2) is 0 Å². The molecule has 9 heteroatoms. The zero-order valence-electron chi connectivity index (χ0n) is 31.4. The minimum Gasteiger partial charge on any atom is -0.361 e. The summed E-state index contributed by atoms with van der Waals surface area (Å²) in [7, 11) is 0. The summed E-state index contributed by atoms with van der Waals surface area (Å²) in [4.78, 5) is 29.6. The summed E-state index contributed by atoms with van der Waals surface area (Å²) in [5, 5.41) is 7.97. The molecule has 280 valence electrons. The van der Waals surface area contributed by atoms with Crippen molar-refractivity contribution in [2.24, 2.45) is 17.8 Å². The van der Waals surface area contributed by atoms with Crippen molar-refractivity contribution >= 4 is 35.2 Å². The maximum absolute atomic E-state index is 13.8. The molecular formula is C44H53N3O4S2. The highest BCUT2D eigenvalue weighted by molar-refractivity contribution is 7.99. The maximum atomic E-state index is 13.8. The lowest BCUT2D eigenvalue weighted by molar-refractivity contribution is -0.132. The van der Waals surface area contributed by atoms with Crippen LogP contribution in [-0.2, 0) is 33.9 Å². The number of hydrogen-bond donors (Lipinski definition) is 0. The van der Waals surface area contributed by atoms with E-state index in [4.69, 9.17) is 9.05 Å². The van der Waals surface area contributed by atoms with Crippen LogP contribution in [0.15, 0.2) is 63.8 Å². The lowest BCUT2D eigenvalue weighted by Crippen LogP contribution is -2.47. The Hall–Kier alpha value is -3.30. The first-order valence-corrected chi connectivity index (χ1v) is 22.1. The monoisotopic (exact) mass is 751 g/mol. The van der Waals surface area contributed by atoms with Crippen molar-refractivity contribution in [3.8, 4) is 0 Å². The molecule has 2 aliphatic carbocycles. The molecule has 2 aromatic carbocycles. The summed E-state index contributed by atoms with van der Waals surface area (Å²) < 4.78 is 10.5. The van der Waals surface area contributed by atoms with Crippen LogP contribution in [0.3, 0.4) is 0 Å². The largest absolute Gasteiger partial charge is 0.361 e. The molecule has 4 aromatic rings. The first-order valence-electron chi connectivity index (χ1n) is 19.8. The molecule has 0 N–H and O–H groups in total. The molecule has 6 atom stereocenters. The number of carbonyl (C=O) groups excluding carboxylic acids is 2. The summed E-state index contributed by atoms with van der Waals surface area (Å²) in [5.41, 5.74) is 9.02. The molecule has 7 nitrogen and oxygen atoms in total. The van der Waals surface area contributed by atoms with Gasteiger partial charge in [0, 0.05) is 40.6 Å². The highest BCUT2D eigenvalue weighted by Gasteiger charge is 2.48. The number of hydrogen-bond acceptors (Lipinski definition) is 8. The van der Waals surface area contributed by atoms with Crippen molar-refractivity contribution < 1.29 is 18.6 Å². The minimum atomic E-state index is 0.187. The Labute approximate surface area is 322 Å². The topological polar surface area (TPSA) is 89.4 Å². The third kappa shape index (κ3) is 7.67. The van der Waals surface area contributed by atoms with Gasteiger partial charge in [0.15, 0.2) is 0 Å². The van der Waals surface area contributed by atoms with Gasteiger partial charge in [-0.1, -0.05) is 58.8 Å². The number of aryl methyl sites for hydroxylation is 5. The number of ketones is 1. The van der Waals surface area contributed by atoms with Crippen molar-refractivity contribution in [3.63, 3.8) is 0 Å². The summed E-state index contributed by atoms with van der Waals surface area (Å²) in [5.74, 6) is 7.20. The van der Waals surface area contributed by atoms with Gasteiger partial charge in [-0.15, -0.1) is 23.5 Å². The van der Waals surface area contributed by atoms with Gasteiger partial charge < -0.3 is 13.9 Å². The highest BCUT2D eigenvalue weighted by Crippen LogP contribution is 2.54. The number of carbonyl (C=O) groups is 2. The van der Waals surface area contributed by atoms with E-state index in [0.29, 0.717) is 59.0 Å². The lowest BCUT2D eigenvalue weighted by atomic mass is 9.67. The van der Waals surface area contributed by atoms with E-state index >= 15 is 0 Å². The van der Waals surface area contributed by atoms with E-state index in [1.807, 2.05) is 20.8 Å². The zero-order valence-corrected chi connectivity index (χ0v) is 33.1. The maximum Gasteiger partial charge on any atom is 0.233 e. The molecule has 4 aliphatic rings. The van der Waals surface area contributed by atoms with Crippen LogP contribution in [0.5, 0.6) is 0 Å². The molecule has 2 saturated heterocycles. The van der Waals surface area contributed by atoms with E-state index in [0.717, 1.165) is 84.8 Å². The Bertz CT molecular complexity index is 1890. The molecule has 2 saturated carbocycles. The number of nitrogens with zero attached hydrogens (tertiary/aromatic N) is 3. The SMILES string of the molecule is Cc1noc(C)c1CSCC(=O)N1C2CCC1CC(c1ccccc1CCc1ccccc1C1CCC3CCC1C3C(=O)CSCc1cnoc1C)C2. The summed E-state index contributed by atoms with van der Waals surface area (Å²) in [6, 6.07) is 18.9. The van der Waals surface area contributed by atoms with Crippen LogP contribution < -0.4 is 0 Å². The highest BCUT2D eigenvalue weighted by atomic mass is 32.2. The van der Waals surface area contributed by atoms with Crippen LogP contribution in [0.25, 0.3) is 0 Å². The lowest BCUT2D eigenvalue weighted by Gasteiger charge is -2.40. The van der Waals surface area contributed by atoms with Crippen molar-refractivity contribution in [2.75, 3.05) is 11.5 Å². The number of piperidine rings is 1. The van der Waals surface area contributed by atoms with Crippen LogP contribution in [0, 0.1) is 38.5 Å². The summed E-state index contributed by atoms with van der Waals surface area (Å²) in [6.07, 6.45) is 12.9. The number of fused-ring (bicyclic) bond motifs is 4. The second kappa shape index (κ2) is 16.2. The quantitative estimate of drug-likeness (QED) is 0.126. The van der Waals surface area contributed by atoms with Gasteiger partial charge in [0.25, 0.3) is 0 Å². The van der Waals surface area contributed by atoms with Gasteiger partial charge in [0.1, 0.15) is 17.3 Å². The van der Waals surface area contributed by atoms with E-state index in [2.05, 4.69) is 63.7 Å². The molecule has 1 amide bonds. The first-order chi connectivity index (χ1) is 25.9. The number of rotatable bonds is 14. The van der Waals surface area contributed by atoms with Gasteiger partial charge in [-0.2, -0.15) is 0 Å². The fourth-order valence-electron chi connectivity index (χ4n) is 10.6. The molecule has 4 fully saturated rings. The minimum absolute atomic E-state index is 0.187. The molecule has 0 spiro atoms. The molecular weight excluding hydrogens is 699 g/mol. The Morgan fingerprint density at radius 2 is 1.43 bits per heavy atom. The Kier molecular flexibility index (Phi) is 11.2. The molecule has 53 heavy (non-hydrogen) atoms. The van der Waals surface area contributed by atoms with Crippen molar-refractivity contribution in [1.82, 2.24) is 15.2 Å². The molecule has 4 heterocycles. The van der Waals surface area contributed by atoms with Gasteiger partial charge in [-0.05, 0) is 131 Å². The molecule has 8 rings (SSSR count). The van der Waals surface area contributed by atoms with E-state index in [9.17, 15) is 9.59 Å². The van der Waals surface area contributed by atoms with Crippen LogP contribution in [0.4, 0.5) is 0 Å². The van der Waals surface area contributed by atoms with Gasteiger partial charge >= 0.3 is 0 Å². The zero-order chi connectivity index (χ0) is 36.5. The fraction of sp³-hybridized carbons (Fsp3) is 0.545. The molecule has 4 bridgehead atoms. The molecule has 2 aromatic heterocycles. The predicted molar refractivity (Wildman–Crippen MR) is 212 cm³/mol. The number of amides is 1. The average molecular weight is 752 g/mol. The van der Waals surface area contributed by atoms with E-state index in [-0.39, 0.29) is 5.92 Å². The van der Waals surface area contributed by atoms with Crippen molar-refractivity contribution in [2.45, 2.75) is 120 Å². The summed E-state index contributed by atoms with van der Waals surface area (Å²) >= 11 is 3.39. The molecule has 6 unspecified atom stereocenters. The van der Waals surface area contributed by atoms with Crippen LogP contribution in [-0.4, -0.2) is 50.5 Å². The third-order valence-electron chi connectivity index (χ3n) is 13.2. The van der Waals surface area contributed by atoms with E-state index in [1.165, 1.54) is 41.5 Å². The first kappa shape index (κ1) is 36.7. The van der Waals surface area contributed by atoms with Crippen LogP contribution in [0.2, 0.25) is 0 Å². The Balaban J connectivity index is 0.900. The normalized spacial score (nSPS) is 26.3. The predicted octanol–water partition coefficient (Wildman–Crippen LogP) is 9.57. The number of Topliss-reactive ketones (excluding diaryl/α,β-unsaturated/α-hetero) is 1. The molecule has 2 aliphatic heterocycles. The number of aromatic nitrogens is 2.